The molecule has 0 bridgehead atoms. The van der Waals surface area contributed by atoms with Gasteiger partial charge in [-0.3, -0.25) is 9.59 Å². The molecule has 0 radical (unpaired) electrons. The Kier molecular flexibility index (Phi) is 6.69. The third-order valence-electron chi connectivity index (χ3n) is 5.32. The number of hydrogen-bond acceptors (Lipinski definition) is 5. The summed E-state index contributed by atoms with van der Waals surface area (Å²) in [5, 5.41) is 6.86. The van der Waals surface area contributed by atoms with Gasteiger partial charge < -0.3 is 19.5 Å². The molecule has 1 aliphatic rings. The minimum absolute atomic E-state index is 0.149. The number of ether oxygens (including phenoxy) is 1. The molecule has 29 heavy (non-hydrogen) atoms. The number of nitrogens with zero attached hydrogens (tertiary/aromatic N) is 2. The van der Waals surface area contributed by atoms with Gasteiger partial charge in [0, 0.05) is 31.8 Å². The molecule has 0 unspecified atom stereocenters. The van der Waals surface area contributed by atoms with Crippen molar-refractivity contribution in [1.29, 1.82) is 0 Å². The van der Waals surface area contributed by atoms with Gasteiger partial charge in [0.25, 0.3) is 5.91 Å². The Hall–Kier alpha value is -2.67. The van der Waals surface area contributed by atoms with Gasteiger partial charge in [-0.1, -0.05) is 22.9 Å². The average Bonchev–Trinajstić information content (AvgIpc) is 3.16. The highest BCUT2D eigenvalue weighted by molar-refractivity contribution is 5.97. The van der Waals surface area contributed by atoms with E-state index in [1.54, 1.807) is 18.1 Å². The first kappa shape index (κ1) is 21.0. The number of carbonyl (C=O) groups excluding carboxylic acids is 2. The summed E-state index contributed by atoms with van der Waals surface area (Å²) in [6.07, 6.45) is 2.43. The first-order valence-electron chi connectivity index (χ1n) is 10.0. The predicted octanol–water partition coefficient (Wildman–Crippen LogP) is 3.02. The predicted molar refractivity (Wildman–Crippen MR) is 110 cm³/mol. The lowest BCUT2D eigenvalue weighted by Crippen LogP contribution is -2.52. The number of likely N-dealkylation sites (tertiary alicyclic amines) is 1. The topological polar surface area (TPSA) is 84.7 Å². The fourth-order valence-electron chi connectivity index (χ4n) is 4.05. The van der Waals surface area contributed by atoms with Crippen molar-refractivity contribution in [2.24, 2.45) is 0 Å². The fourth-order valence-corrected chi connectivity index (χ4v) is 4.05. The zero-order valence-corrected chi connectivity index (χ0v) is 17.6. The van der Waals surface area contributed by atoms with Crippen LogP contribution >= 0.6 is 0 Å². The van der Waals surface area contributed by atoms with E-state index in [0.717, 1.165) is 29.5 Å². The minimum Gasteiger partial charge on any atom is -0.383 e. The van der Waals surface area contributed by atoms with Gasteiger partial charge in [-0.15, -0.1) is 0 Å². The van der Waals surface area contributed by atoms with E-state index < -0.39 is 6.04 Å². The molecule has 1 N–H and O–H groups in total. The lowest BCUT2D eigenvalue weighted by molar-refractivity contribution is -0.126. The molecule has 1 fully saturated rings. The van der Waals surface area contributed by atoms with E-state index in [-0.39, 0.29) is 17.5 Å². The third kappa shape index (κ3) is 4.67. The zero-order valence-electron chi connectivity index (χ0n) is 17.6. The number of aryl methyl sites for hydroxylation is 3. The van der Waals surface area contributed by atoms with Crippen LogP contribution in [0.15, 0.2) is 22.7 Å². The summed E-state index contributed by atoms with van der Waals surface area (Å²) in [5.41, 5.74) is 4.51. The fraction of sp³-hybridized carbons (Fsp3) is 0.500. The molecule has 2 aromatic rings. The van der Waals surface area contributed by atoms with Crippen molar-refractivity contribution in [3.63, 3.8) is 0 Å². The Morgan fingerprint density at radius 1 is 1.21 bits per heavy atom. The Morgan fingerprint density at radius 2 is 1.93 bits per heavy atom. The summed E-state index contributed by atoms with van der Waals surface area (Å²) in [4.78, 5) is 27.3. The van der Waals surface area contributed by atoms with Gasteiger partial charge >= 0.3 is 0 Å². The van der Waals surface area contributed by atoms with Crippen molar-refractivity contribution in [3.05, 3.63) is 40.6 Å². The number of amides is 2. The molecule has 0 aliphatic carbocycles. The van der Waals surface area contributed by atoms with Crippen LogP contribution in [0.1, 0.15) is 46.4 Å². The molecule has 0 saturated carbocycles. The van der Waals surface area contributed by atoms with E-state index in [1.807, 2.05) is 20.8 Å². The van der Waals surface area contributed by atoms with Crippen LogP contribution in [0.25, 0.3) is 11.3 Å². The molecule has 1 saturated heterocycles. The molecule has 7 heteroatoms. The van der Waals surface area contributed by atoms with E-state index in [9.17, 15) is 9.59 Å². The van der Waals surface area contributed by atoms with Crippen molar-refractivity contribution in [3.8, 4) is 11.3 Å². The second-order valence-corrected chi connectivity index (χ2v) is 7.64. The summed E-state index contributed by atoms with van der Waals surface area (Å²) in [6.45, 7) is 7.48. The first-order chi connectivity index (χ1) is 13.9. The van der Waals surface area contributed by atoms with Crippen LogP contribution < -0.4 is 5.32 Å². The molecule has 2 heterocycles. The second kappa shape index (κ2) is 9.22. The maximum atomic E-state index is 13.1. The number of rotatable bonds is 6. The molecule has 1 aromatic carbocycles. The number of nitrogens with one attached hydrogen (secondary N) is 1. The molecular formula is C22H29N3O4. The summed E-state index contributed by atoms with van der Waals surface area (Å²) in [6, 6.07) is 5.35. The molecule has 3 rings (SSSR count). The molecular weight excluding hydrogens is 370 g/mol. The summed E-state index contributed by atoms with van der Waals surface area (Å²) in [5.74, 6) is 0.152. The van der Waals surface area contributed by atoms with Gasteiger partial charge in [0.2, 0.25) is 5.91 Å². The highest BCUT2D eigenvalue weighted by Crippen LogP contribution is 2.30. The van der Waals surface area contributed by atoms with E-state index in [0.29, 0.717) is 31.9 Å². The molecule has 7 nitrogen and oxygen atoms in total. The molecule has 1 aliphatic heterocycles. The number of methoxy groups -OCH3 is 1. The summed E-state index contributed by atoms with van der Waals surface area (Å²) in [7, 11) is 1.59. The monoisotopic (exact) mass is 399 g/mol. The number of benzene rings is 1. The smallest absolute Gasteiger partial charge is 0.276 e. The Bertz CT molecular complexity index is 867. The largest absolute Gasteiger partial charge is 0.383 e. The quantitative estimate of drug-likeness (QED) is 0.755. The third-order valence-corrected chi connectivity index (χ3v) is 5.32. The first-order valence-corrected chi connectivity index (χ1v) is 10.0. The Balaban J connectivity index is 1.80. The molecule has 2 amide bonds. The lowest BCUT2D eigenvalue weighted by Gasteiger charge is -2.34. The van der Waals surface area contributed by atoms with E-state index in [4.69, 9.17) is 9.26 Å². The van der Waals surface area contributed by atoms with Crippen molar-refractivity contribution < 1.29 is 18.8 Å². The van der Waals surface area contributed by atoms with Crippen molar-refractivity contribution in [1.82, 2.24) is 15.4 Å². The highest BCUT2D eigenvalue weighted by atomic mass is 16.5. The minimum atomic E-state index is -0.490. The van der Waals surface area contributed by atoms with E-state index in [2.05, 4.69) is 22.6 Å². The maximum Gasteiger partial charge on any atom is 0.276 e. The normalized spacial score (nSPS) is 16.7. The number of carbonyl (C=O) groups is 2. The number of aromatic nitrogens is 1. The zero-order chi connectivity index (χ0) is 21.0. The van der Waals surface area contributed by atoms with Gasteiger partial charge in [-0.2, -0.15) is 0 Å². The lowest BCUT2D eigenvalue weighted by atomic mass is 9.97. The van der Waals surface area contributed by atoms with Crippen LogP contribution in [0, 0.1) is 20.8 Å². The standard InChI is InChI=1S/C22H29N3O4/c1-14-11-15(2)20(16(3)12-14)19-13-17(24-29-19)22(27)25-9-6-5-7-18(25)21(26)23-8-10-28-4/h11-13,18H,5-10H2,1-4H3,(H,23,26)/t18-/m1/s1. The Labute approximate surface area is 171 Å². The highest BCUT2D eigenvalue weighted by Gasteiger charge is 2.34. The molecule has 0 spiro atoms. The van der Waals surface area contributed by atoms with Gasteiger partial charge in [0.05, 0.1) is 6.61 Å². The molecule has 1 atom stereocenters. The van der Waals surface area contributed by atoms with E-state index >= 15 is 0 Å². The molecule has 1 aromatic heterocycles. The van der Waals surface area contributed by atoms with Gasteiger partial charge in [0.1, 0.15) is 6.04 Å². The summed E-state index contributed by atoms with van der Waals surface area (Å²) >= 11 is 0. The van der Waals surface area contributed by atoms with Crippen LogP contribution in [-0.4, -0.2) is 54.7 Å². The summed E-state index contributed by atoms with van der Waals surface area (Å²) < 4.78 is 10.5. The van der Waals surface area contributed by atoms with Crippen molar-refractivity contribution >= 4 is 11.8 Å². The van der Waals surface area contributed by atoms with Crippen molar-refractivity contribution in [2.45, 2.75) is 46.1 Å². The molecule has 156 valence electrons. The number of hydrogen-bond donors (Lipinski definition) is 1. The van der Waals surface area contributed by atoms with Gasteiger partial charge in [0.15, 0.2) is 11.5 Å². The maximum absolute atomic E-state index is 13.1. The Morgan fingerprint density at radius 3 is 2.62 bits per heavy atom. The van der Waals surface area contributed by atoms with Crippen LogP contribution in [0.4, 0.5) is 0 Å². The number of piperidine rings is 1. The van der Waals surface area contributed by atoms with Crippen LogP contribution in [0.5, 0.6) is 0 Å². The van der Waals surface area contributed by atoms with Crippen LogP contribution in [0.2, 0.25) is 0 Å². The second-order valence-electron chi connectivity index (χ2n) is 7.64. The van der Waals surface area contributed by atoms with Gasteiger partial charge in [-0.05, 0) is 51.2 Å². The van der Waals surface area contributed by atoms with E-state index in [1.165, 1.54) is 5.56 Å². The van der Waals surface area contributed by atoms with Crippen molar-refractivity contribution in [2.75, 3.05) is 26.8 Å². The average molecular weight is 399 g/mol. The van der Waals surface area contributed by atoms with Crippen LogP contribution in [0.3, 0.4) is 0 Å². The van der Waals surface area contributed by atoms with Crippen LogP contribution in [-0.2, 0) is 9.53 Å². The SMILES string of the molecule is COCCNC(=O)[C@H]1CCCCN1C(=O)c1cc(-c2c(C)cc(C)cc2C)on1. The van der Waals surface area contributed by atoms with Gasteiger partial charge in [-0.25, -0.2) is 0 Å².